The minimum Gasteiger partial charge on any atom is -0.493 e. The Bertz CT molecular complexity index is 1220. The van der Waals surface area contributed by atoms with Crippen molar-refractivity contribution in [1.29, 1.82) is 0 Å². The predicted molar refractivity (Wildman–Crippen MR) is 129 cm³/mol. The molecule has 1 aromatic heterocycles. The molecule has 1 saturated heterocycles. The molecule has 2 N–H and O–H groups in total. The van der Waals surface area contributed by atoms with E-state index < -0.39 is 23.9 Å². The van der Waals surface area contributed by atoms with Crippen LogP contribution in [0.3, 0.4) is 0 Å². The van der Waals surface area contributed by atoms with E-state index in [9.17, 15) is 13.2 Å². The van der Waals surface area contributed by atoms with E-state index in [1.165, 1.54) is 12.1 Å². The van der Waals surface area contributed by atoms with E-state index in [2.05, 4.69) is 22.2 Å². The lowest BCUT2D eigenvalue weighted by atomic mass is 9.94. The summed E-state index contributed by atoms with van der Waals surface area (Å²) in [7, 11) is 1.55. The molecule has 194 valence electrons. The Morgan fingerprint density at radius 1 is 1.25 bits per heavy atom. The van der Waals surface area contributed by atoms with Crippen molar-refractivity contribution in [3.8, 4) is 11.5 Å². The van der Waals surface area contributed by atoms with Gasteiger partial charge in [0.05, 0.1) is 24.8 Å². The number of fused-ring (bicyclic) bond motifs is 1. The number of aryl methyl sites for hydroxylation is 1. The van der Waals surface area contributed by atoms with Gasteiger partial charge in [-0.25, -0.2) is 14.4 Å². The highest BCUT2D eigenvalue weighted by molar-refractivity contribution is 5.91. The number of methoxy groups -OCH3 is 1. The van der Waals surface area contributed by atoms with Gasteiger partial charge in [-0.15, -0.1) is 0 Å². The second-order valence-corrected chi connectivity index (χ2v) is 9.05. The predicted octanol–water partition coefficient (Wildman–Crippen LogP) is 4.83. The molecule has 0 radical (unpaired) electrons. The topological polar surface area (TPSA) is 85.7 Å². The third-order valence-corrected chi connectivity index (χ3v) is 6.48. The van der Waals surface area contributed by atoms with Crippen LogP contribution in [0.1, 0.15) is 30.3 Å². The first kappa shape index (κ1) is 26.0. The SMILES string of the molecule is COc1cc2nc(C)nc(NCc3cccc(C(F)(F)CO)c3F)c2cc1OCC(C)C1CCOC1. The van der Waals surface area contributed by atoms with E-state index in [1.54, 1.807) is 26.2 Å². The number of anilines is 1. The lowest BCUT2D eigenvalue weighted by Crippen LogP contribution is -2.21. The van der Waals surface area contributed by atoms with E-state index in [0.29, 0.717) is 46.6 Å². The highest BCUT2D eigenvalue weighted by atomic mass is 19.3. The molecule has 1 fully saturated rings. The van der Waals surface area contributed by atoms with Crippen molar-refractivity contribution in [3.05, 3.63) is 53.1 Å². The Morgan fingerprint density at radius 2 is 2.06 bits per heavy atom. The number of benzene rings is 2. The molecule has 0 amide bonds. The molecule has 1 aliphatic rings. The number of aliphatic hydroxyl groups is 1. The van der Waals surface area contributed by atoms with Gasteiger partial charge in [0.15, 0.2) is 11.5 Å². The zero-order valence-electron chi connectivity index (χ0n) is 20.5. The Kier molecular flexibility index (Phi) is 7.85. The van der Waals surface area contributed by atoms with Crippen LogP contribution in [0.2, 0.25) is 0 Å². The molecule has 10 heteroatoms. The van der Waals surface area contributed by atoms with Gasteiger partial charge in [-0.05, 0) is 37.3 Å². The second-order valence-electron chi connectivity index (χ2n) is 9.05. The highest BCUT2D eigenvalue weighted by Gasteiger charge is 2.34. The summed E-state index contributed by atoms with van der Waals surface area (Å²) in [6.45, 7) is 4.22. The van der Waals surface area contributed by atoms with Gasteiger partial charge in [-0.1, -0.05) is 19.1 Å². The molecule has 3 aromatic rings. The average Bonchev–Trinajstić information content (AvgIpc) is 3.41. The second kappa shape index (κ2) is 10.9. The summed E-state index contributed by atoms with van der Waals surface area (Å²) in [5.74, 6) is -2.13. The standard InChI is InChI=1S/C26H30F3N3O4/c1-15(18-7-8-35-13-18)12-36-23-9-19-21(10-22(23)34-3)31-16(2)32-25(19)30-11-17-5-4-6-20(24(17)27)26(28,29)14-33/h4-6,9-10,15,18,33H,7-8,11-14H2,1-3H3,(H,30,31,32). The first-order valence-electron chi connectivity index (χ1n) is 11.8. The Balaban J connectivity index is 1.61. The fourth-order valence-electron chi connectivity index (χ4n) is 4.28. The zero-order chi connectivity index (χ0) is 25.9. The van der Waals surface area contributed by atoms with E-state index in [1.807, 2.05) is 0 Å². The van der Waals surface area contributed by atoms with Gasteiger partial charge in [0.25, 0.3) is 5.92 Å². The first-order chi connectivity index (χ1) is 17.2. The van der Waals surface area contributed by atoms with Crippen molar-refractivity contribution < 1.29 is 32.5 Å². The van der Waals surface area contributed by atoms with Crippen LogP contribution in [0.4, 0.5) is 19.0 Å². The number of hydrogen-bond donors (Lipinski definition) is 2. The summed E-state index contributed by atoms with van der Waals surface area (Å²) in [5.41, 5.74) is -0.245. The number of nitrogens with zero attached hydrogens (tertiary/aromatic N) is 2. The molecule has 2 aromatic carbocycles. The van der Waals surface area contributed by atoms with Crippen LogP contribution in [-0.4, -0.2) is 48.6 Å². The lowest BCUT2D eigenvalue weighted by molar-refractivity contribution is -0.0583. The smallest absolute Gasteiger partial charge is 0.298 e. The molecule has 0 bridgehead atoms. The largest absolute Gasteiger partial charge is 0.493 e. The van der Waals surface area contributed by atoms with Crippen LogP contribution >= 0.6 is 0 Å². The van der Waals surface area contributed by atoms with Gasteiger partial charge in [0, 0.05) is 36.8 Å². The molecular weight excluding hydrogens is 475 g/mol. The number of halogens is 3. The fourth-order valence-corrected chi connectivity index (χ4v) is 4.28. The molecule has 7 nitrogen and oxygen atoms in total. The Labute approximate surface area is 207 Å². The van der Waals surface area contributed by atoms with E-state index in [4.69, 9.17) is 19.3 Å². The summed E-state index contributed by atoms with van der Waals surface area (Å²) < 4.78 is 59.8. The van der Waals surface area contributed by atoms with Gasteiger partial charge < -0.3 is 24.6 Å². The molecule has 0 aliphatic carbocycles. The van der Waals surface area contributed by atoms with Crippen LogP contribution < -0.4 is 14.8 Å². The lowest BCUT2D eigenvalue weighted by Gasteiger charge is -2.20. The van der Waals surface area contributed by atoms with Gasteiger partial charge in [-0.2, -0.15) is 8.78 Å². The number of rotatable bonds is 10. The van der Waals surface area contributed by atoms with Gasteiger partial charge in [0.2, 0.25) is 0 Å². The zero-order valence-corrected chi connectivity index (χ0v) is 20.5. The maximum Gasteiger partial charge on any atom is 0.298 e. The van der Waals surface area contributed by atoms with Gasteiger partial charge >= 0.3 is 0 Å². The van der Waals surface area contributed by atoms with Crippen molar-refractivity contribution in [2.45, 2.75) is 32.7 Å². The molecule has 0 saturated carbocycles. The van der Waals surface area contributed by atoms with E-state index in [-0.39, 0.29) is 18.0 Å². The summed E-state index contributed by atoms with van der Waals surface area (Å²) in [4.78, 5) is 8.91. The number of alkyl halides is 2. The molecule has 2 atom stereocenters. The van der Waals surface area contributed by atoms with Crippen LogP contribution in [0.15, 0.2) is 30.3 Å². The van der Waals surface area contributed by atoms with E-state index in [0.717, 1.165) is 25.7 Å². The van der Waals surface area contributed by atoms with Crippen molar-refractivity contribution in [2.75, 3.05) is 38.9 Å². The summed E-state index contributed by atoms with van der Waals surface area (Å²) >= 11 is 0. The van der Waals surface area contributed by atoms with Crippen LogP contribution in [0.5, 0.6) is 11.5 Å². The van der Waals surface area contributed by atoms with Crippen molar-refractivity contribution in [2.24, 2.45) is 11.8 Å². The molecule has 2 heterocycles. The molecule has 4 rings (SSSR count). The normalized spacial score (nSPS) is 16.8. The third-order valence-electron chi connectivity index (χ3n) is 6.48. The summed E-state index contributed by atoms with van der Waals surface area (Å²) in [6.07, 6.45) is 1.00. The van der Waals surface area contributed by atoms with Crippen molar-refractivity contribution in [3.63, 3.8) is 0 Å². The van der Waals surface area contributed by atoms with Gasteiger partial charge in [0.1, 0.15) is 24.1 Å². The number of ether oxygens (including phenoxy) is 3. The Morgan fingerprint density at radius 3 is 2.75 bits per heavy atom. The molecule has 36 heavy (non-hydrogen) atoms. The fraction of sp³-hybridized carbons (Fsp3) is 0.462. The molecule has 2 unspecified atom stereocenters. The minimum atomic E-state index is -3.68. The monoisotopic (exact) mass is 505 g/mol. The van der Waals surface area contributed by atoms with Gasteiger partial charge in [-0.3, -0.25) is 0 Å². The average molecular weight is 506 g/mol. The van der Waals surface area contributed by atoms with E-state index >= 15 is 0 Å². The van der Waals surface area contributed by atoms with Crippen molar-refractivity contribution >= 4 is 16.7 Å². The van der Waals surface area contributed by atoms with Crippen LogP contribution in [0.25, 0.3) is 10.9 Å². The minimum absolute atomic E-state index is 0.0163. The quantitative estimate of drug-likeness (QED) is 0.408. The Hall–Kier alpha value is -3.11. The summed E-state index contributed by atoms with van der Waals surface area (Å²) in [5, 5.41) is 12.6. The highest BCUT2D eigenvalue weighted by Crippen LogP contribution is 2.36. The third kappa shape index (κ3) is 5.49. The molecular formula is C26H30F3N3O4. The maximum atomic E-state index is 14.8. The summed E-state index contributed by atoms with van der Waals surface area (Å²) in [6, 6.07) is 7.21. The number of nitrogens with one attached hydrogen (secondary N) is 1. The molecule has 1 aliphatic heterocycles. The van der Waals surface area contributed by atoms with Crippen LogP contribution in [0, 0.1) is 24.6 Å². The maximum absolute atomic E-state index is 14.8. The number of aliphatic hydroxyl groups excluding tert-OH is 1. The van der Waals surface area contributed by atoms with Crippen molar-refractivity contribution in [1.82, 2.24) is 9.97 Å². The number of aromatic nitrogens is 2. The number of hydrogen-bond acceptors (Lipinski definition) is 7. The molecule has 0 spiro atoms. The van der Waals surface area contributed by atoms with Crippen LogP contribution in [-0.2, 0) is 17.2 Å². The first-order valence-corrected chi connectivity index (χ1v) is 11.8.